The summed E-state index contributed by atoms with van der Waals surface area (Å²) in [5.41, 5.74) is 4.69. The third kappa shape index (κ3) is 4.57. The molecule has 1 heterocycles. The fourth-order valence-corrected chi connectivity index (χ4v) is 3.95. The highest BCUT2D eigenvalue weighted by Crippen LogP contribution is 2.44. The minimum absolute atomic E-state index is 0.0497. The number of carboxylic acids is 1. The van der Waals surface area contributed by atoms with Crippen LogP contribution in [0.3, 0.4) is 0 Å². The van der Waals surface area contributed by atoms with E-state index >= 15 is 0 Å². The molecule has 9 nitrogen and oxygen atoms in total. The molecular weight excluding hydrogens is 426 g/mol. The zero-order valence-electron chi connectivity index (χ0n) is 17.9. The molecule has 3 N–H and O–H groups in total. The van der Waals surface area contributed by atoms with Crippen LogP contribution >= 0.6 is 0 Å². The number of hydrogen-bond acceptors (Lipinski definition) is 6. The van der Waals surface area contributed by atoms with E-state index in [1.54, 1.807) is 6.92 Å². The highest BCUT2D eigenvalue weighted by atomic mass is 16.5. The number of aromatic nitrogens is 1. The van der Waals surface area contributed by atoms with E-state index in [0.29, 0.717) is 0 Å². The highest BCUT2D eigenvalue weighted by Gasteiger charge is 2.29. The molecule has 0 saturated carbocycles. The van der Waals surface area contributed by atoms with Gasteiger partial charge in [-0.2, -0.15) is 0 Å². The predicted octanol–water partition coefficient (Wildman–Crippen LogP) is 3.31. The summed E-state index contributed by atoms with van der Waals surface area (Å²) in [4.78, 5) is 35.8. The van der Waals surface area contributed by atoms with Gasteiger partial charge in [0.1, 0.15) is 30.2 Å². The van der Waals surface area contributed by atoms with Crippen molar-refractivity contribution in [1.29, 1.82) is 0 Å². The largest absolute Gasteiger partial charge is 0.480 e. The number of nitrogens with zero attached hydrogens (tertiary/aromatic N) is 1. The Morgan fingerprint density at radius 3 is 2.33 bits per heavy atom. The van der Waals surface area contributed by atoms with Crippen LogP contribution in [0.4, 0.5) is 4.79 Å². The summed E-state index contributed by atoms with van der Waals surface area (Å²) in [5, 5.41) is 17.8. The molecule has 0 radical (unpaired) electrons. The molecule has 0 fully saturated rings. The van der Waals surface area contributed by atoms with Crippen LogP contribution in [-0.4, -0.2) is 40.9 Å². The standard InChI is InChI=1S/C24H23N3O6/c1-2-20(23(29)30)26-22(28)19-13-33-27-21(19)11-25-24(31)32-12-18-16-9-5-3-7-14(16)15-8-4-6-10-17(15)18/h3-10,13,18,20H,2,11-12H2,1H3,(H,25,31)(H,26,28)(H,29,30). The van der Waals surface area contributed by atoms with Gasteiger partial charge in [0.15, 0.2) is 0 Å². The number of nitrogens with one attached hydrogen (secondary N) is 2. The molecular formula is C24H23N3O6. The van der Waals surface area contributed by atoms with Crippen LogP contribution in [0.15, 0.2) is 59.3 Å². The topological polar surface area (TPSA) is 131 Å². The van der Waals surface area contributed by atoms with Crippen molar-refractivity contribution in [2.75, 3.05) is 6.61 Å². The first-order valence-corrected chi connectivity index (χ1v) is 10.5. The van der Waals surface area contributed by atoms with Crippen LogP contribution < -0.4 is 10.6 Å². The first-order chi connectivity index (χ1) is 16.0. The van der Waals surface area contributed by atoms with Crippen molar-refractivity contribution < 1.29 is 28.8 Å². The first-order valence-electron chi connectivity index (χ1n) is 10.5. The molecule has 0 aliphatic heterocycles. The maximum Gasteiger partial charge on any atom is 0.407 e. The molecule has 0 spiro atoms. The van der Waals surface area contributed by atoms with Crippen molar-refractivity contribution >= 4 is 18.0 Å². The lowest BCUT2D eigenvalue weighted by molar-refractivity contribution is -0.139. The van der Waals surface area contributed by atoms with Crippen LogP contribution in [0.25, 0.3) is 11.1 Å². The molecule has 1 unspecified atom stereocenters. The minimum atomic E-state index is -1.14. The van der Waals surface area contributed by atoms with Crippen molar-refractivity contribution in [3.63, 3.8) is 0 Å². The van der Waals surface area contributed by atoms with Gasteiger partial charge in [-0.3, -0.25) is 4.79 Å². The molecule has 3 aromatic rings. The van der Waals surface area contributed by atoms with E-state index in [0.717, 1.165) is 28.5 Å². The van der Waals surface area contributed by atoms with Crippen molar-refractivity contribution in [3.8, 4) is 11.1 Å². The summed E-state index contributed by atoms with van der Waals surface area (Å²) in [6.07, 6.45) is 0.668. The van der Waals surface area contributed by atoms with Gasteiger partial charge in [-0.25, -0.2) is 9.59 Å². The number of alkyl carbamates (subject to hydrolysis) is 1. The molecule has 0 bridgehead atoms. The molecule has 170 valence electrons. The zero-order valence-corrected chi connectivity index (χ0v) is 17.9. The lowest BCUT2D eigenvalue weighted by Crippen LogP contribution is -2.40. The van der Waals surface area contributed by atoms with Gasteiger partial charge < -0.3 is 25.0 Å². The van der Waals surface area contributed by atoms with E-state index < -0.39 is 24.0 Å². The molecule has 1 aliphatic carbocycles. The molecule has 1 aliphatic rings. The molecule has 1 atom stereocenters. The Kier molecular flexibility index (Phi) is 6.39. The summed E-state index contributed by atoms with van der Waals surface area (Å²) in [6.45, 7) is 1.69. The van der Waals surface area contributed by atoms with Gasteiger partial charge in [0.05, 0.1) is 6.54 Å². The fourth-order valence-electron chi connectivity index (χ4n) is 3.95. The average molecular weight is 449 g/mol. The summed E-state index contributed by atoms with van der Waals surface area (Å²) in [5.74, 6) is -1.85. The van der Waals surface area contributed by atoms with Gasteiger partial charge >= 0.3 is 12.1 Å². The fraction of sp³-hybridized carbons (Fsp3) is 0.250. The SMILES string of the molecule is CCC(NC(=O)c1conc1CNC(=O)OCC1c2ccccc2-c2ccccc21)C(=O)O. The predicted molar refractivity (Wildman–Crippen MR) is 118 cm³/mol. The van der Waals surface area contributed by atoms with Gasteiger partial charge in [0.25, 0.3) is 5.91 Å². The Labute approximate surface area is 189 Å². The zero-order chi connectivity index (χ0) is 23.4. The smallest absolute Gasteiger partial charge is 0.407 e. The molecule has 33 heavy (non-hydrogen) atoms. The van der Waals surface area contributed by atoms with Crippen LogP contribution in [-0.2, 0) is 16.1 Å². The molecule has 1 aromatic heterocycles. The quantitative estimate of drug-likeness (QED) is 0.481. The van der Waals surface area contributed by atoms with Crippen LogP contribution in [0.5, 0.6) is 0 Å². The van der Waals surface area contributed by atoms with Gasteiger partial charge in [0.2, 0.25) is 0 Å². The number of amides is 2. The van der Waals surface area contributed by atoms with E-state index in [-0.39, 0.29) is 36.7 Å². The molecule has 2 aromatic carbocycles. The monoisotopic (exact) mass is 449 g/mol. The molecule has 4 rings (SSSR count). The van der Waals surface area contributed by atoms with Crippen LogP contribution in [0.1, 0.15) is 46.4 Å². The van der Waals surface area contributed by atoms with E-state index in [1.165, 1.54) is 0 Å². The third-order valence-corrected chi connectivity index (χ3v) is 5.64. The van der Waals surface area contributed by atoms with E-state index in [2.05, 4.69) is 27.9 Å². The summed E-state index contributed by atoms with van der Waals surface area (Å²) in [7, 11) is 0. The molecule has 2 amide bonds. The second-order valence-corrected chi connectivity index (χ2v) is 7.63. The van der Waals surface area contributed by atoms with E-state index in [4.69, 9.17) is 14.4 Å². The second kappa shape index (κ2) is 9.56. The maximum absolute atomic E-state index is 12.4. The van der Waals surface area contributed by atoms with Crippen molar-refractivity contribution in [1.82, 2.24) is 15.8 Å². The lowest BCUT2D eigenvalue weighted by Gasteiger charge is -2.14. The number of carbonyl (C=O) groups is 3. The Balaban J connectivity index is 1.36. The van der Waals surface area contributed by atoms with Gasteiger partial charge in [-0.1, -0.05) is 60.6 Å². The number of hydrogen-bond donors (Lipinski definition) is 3. The van der Waals surface area contributed by atoms with Crippen molar-refractivity contribution in [2.45, 2.75) is 31.8 Å². The second-order valence-electron chi connectivity index (χ2n) is 7.63. The summed E-state index contributed by atoms with van der Waals surface area (Å²) >= 11 is 0. The number of ether oxygens (including phenoxy) is 1. The normalized spacial score (nSPS) is 13.0. The Morgan fingerprint density at radius 2 is 1.73 bits per heavy atom. The number of rotatable bonds is 8. The lowest BCUT2D eigenvalue weighted by atomic mass is 9.98. The van der Waals surface area contributed by atoms with Crippen LogP contribution in [0, 0.1) is 0 Å². The minimum Gasteiger partial charge on any atom is -0.480 e. The molecule has 0 saturated heterocycles. The third-order valence-electron chi connectivity index (χ3n) is 5.64. The Hall–Kier alpha value is -4.14. The van der Waals surface area contributed by atoms with Crippen molar-refractivity contribution in [3.05, 3.63) is 77.2 Å². The van der Waals surface area contributed by atoms with Gasteiger partial charge in [0, 0.05) is 5.92 Å². The first kappa shape index (κ1) is 22.1. The maximum atomic E-state index is 12.4. The van der Waals surface area contributed by atoms with E-state index in [9.17, 15) is 14.4 Å². The number of carboxylic acid groups (broad SMARTS) is 1. The van der Waals surface area contributed by atoms with Crippen molar-refractivity contribution in [2.24, 2.45) is 0 Å². The van der Waals surface area contributed by atoms with E-state index in [1.807, 2.05) is 36.4 Å². The van der Waals surface area contributed by atoms with Crippen LogP contribution in [0.2, 0.25) is 0 Å². The van der Waals surface area contributed by atoms with Gasteiger partial charge in [-0.15, -0.1) is 0 Å². The number of fused-ring (bicyclic) bond motifs is 3. The summed E-state index contributed by atoms with van der Waals surface area (Å²) in [6, 6.07) is 15.0. The Morgan fingerprint density at radius 1 is 1.09 bits per heavy atom. The number of benzene rings is 2. The molecule has 9 heteroatoms. The number of carbonyl (C=O) groups excluding carboxylic acids is 2. The summed E-state index contributed by atoms with van der Waals surface area (Å²) < 4.78 is 10.3. The highest BCUT2D eigenvalue weighted by molar-refractivity contribution is 5.97. The van der Waals surface area contributed by atoms with Gasteiger partial charge in [-0.05, 0) is 28.7 Å². The number of aliphatic carboxylic acids is 1. The average Bonchev–Trinajstić information content (AvgIpc) is 3.42. The Bertz CT molecular complexity index is 1140.